The quantitative estimate of drug-likeness (QED) is 0.799. The summed E-state index contributed by atoms with van der Waals surface area (Å²) in [5.41, 5.74) is 1.16. The van der Waals surface area contributed by atoms with E-state index in [1.807, 2.05) is 12.1 Å². The average Bonchev–Trinajstić information content (AvgIpc) is 3.10. The van der Waals surface area contributed by atoms with E-state index < -0.39 is 0 Å². The van der Waals surface area contributed by atoms with Gasteiger partial charge in [0, 0.05) is 37.0 Å². The Bertz CT molecular complexity index is 602. The van der Waals surface area contributed by atoms with Crippen LogP contribution in [0.15, 0.2) is 23.3 Å². The van der Waals surface area contributed by atoms with Crippen molar-refractivity contribution in [2.75, 3.05) is 13.2 Å². The van der Waals surface area contributed by atoms with Gasteiger partial charge in [0.05, 0.1) is 19.4 Å². The van der Waals surface area contributed by atoms with E-state index in [1.54, 1.807) is 10.9 Å². The third kappa shape index (κ3) is 2.43. The van der Waals surface area contributed by atoms with Crippen molar-refractivity contribution in [1.82, 2.24) is 9.78 Å². The molecule has 1 unspecified atom stereocenters. The number of nitrogens with zero attached hydrogens (tertiary/aromatic N) is 3. The summed E-state index contributed by atoms with van der Waals surface area (Å²) in [4.78, 5) is 4.80. The Kier molecular flexibility index (Phi) is 3.36. The van der Waals surface area contributed by atoms with Crippen LogP contribution in [-0.4, -0.2) is 34.5 Å². The van der Waals surface area contributed by atoms with Crippen molar-refractivity contribution in [3.8, 4) is 0 Å². The predicted octanol–water partition coefficient (Wildman–Crippen LogP) is 3.33. The largest absolute Gasteiger partial charge is 0.348 e. The molecule has 1 aromatic rings. The zero-order valence-electron chi connectivity index (χ0n) is 11.8. The van der Waals surface area contributed by atoms with Gasteiger partial charge in [-0.05, 0) is 18.9 Å². The van der Waals surface area contributed by atoms with E-state index >= 15 is 0 Å². The second-order valence-electron chi connectivity index (χ2n) is 5.84. The van der Waals surface area contributed by atoms with Crippen LogP contribution < -0.4 is 0 Å². The van der Waals surface area contributed by atoms with Gasteiger partial charge in [0.15, 0.2) is 11.6 Å². The molecule has 1 aliphatic carbocycles. The fourth-order valence-corrected chi connectivity index (χ4v) is 3.72. The minimum atomic E-state index is -0.370. The first-order valence-electron chi connectivity index (χ1n) is 7.51. The van der Waals surface area contributed by atoms with Gasteiger partial charge in [-0.2, -0.15) is 5.10 Å². The molecule has 0 amide bonds. The van der Waals surface area contributed by atoms with E-state index in [-0.39, 0.29) is 5.79 Å². The van der Waals surface area contributed by atoms with Crippen molar-refractivity contribution in [1.29, 1.82) is 0 Å². The molecule has 0 aromatic carbocycles. The standard InChI is InChI=1S/C15H18ClN3O2/c16-13-4-3-12(18-14-5-7-17-19(13)14)11-2-1-6-15(10-11)20-8-9-21-15/h4-5,7,11H,1-3,6,8-10H2. The average molecular weight is 308 g/mol. The number of allylic oxidation sites excluding steroid dienone is 1. The summed E-state index contributed by atoms with van der Waals surface area (Å²) >= 11 is 6.26. The lowest BCUT2D eigenvalue weighted by Gasteiger charge is -2.36. The smallest absolute Gasteiger partial charge is 0.169 e. The molecule has 3 aliphatic rings. The molecule has 0 N–H and O–H groups in total. The number of hydrogen-bond donors (Lipinski definition) is 0. The summed E-state index contributed by atoms with van der Waals surface area (Å²) in [7, 11) is 0. The highest BCUT2D eigenvalue weighted by atomic mass is 35.5. The van der Waals surface area contributed by atoms with Crippen LogP contribution in [0.2, 0.25) is 0 Å². The molecule has 1 spiro atoms. The summed E-state index contributed by atoms with van der Waals surface area (Å²) in [6.45, 7) is 1.41. The number of aromatic nitrogens is 2. The Morgan fingerprint density at radius 3 is 3.05 bits per heavy atom. The van der Waals surface area contributed by atoms with Gasteiger partial charge in [-0.1, -0.05) is 11.6 Å². The molecule has 0 bridgehead atoms. The molecule has 4 rings (SSSR count). The number of halogens is 1. The molecule has 5 nitrogen and oxygen atoms in total. The number of rotatable bonds is 1. The summed E-state index contributed by atoms with van der Waals surface area (Å²) < 4.78 is 13.4. The van der Waals surface area contributed by atoms with Crippen molar-refractivity contribution in [2.45, 2.75) is 37.9 Å². The maximum absolute atomic E-state index is 6.26. The molecule has 21 heavy (non-hydrogen) atoms. The highest BCUT2D eigenvalue weighted by Gasteiger charge is 2.42. The van der Waals surface area contributed by atoms with E-state index in [0.717, 1.165) is 43.6 Å². The van der Waals surface area contributed by atoms with Gasteiger partial charge < -0.3 is 9.47 Å². The molecule has 1 saturated carbocycles. The van der Waals surface area contributed by atoms with E-state index in [1.165, 1.54) is 0 Å². The fourth-order valence-electron chi connectivity index (χ4n) is 3.51. The van der Waals surface area contributed by atoms with Gasteiger partial charge in [0.25, 0.3) is 0 Å². The first kappa shape index (κ1) is 13.5. The van der Waals surface area contributed by atoms with Gasteiger partial charge >= 0.3 is 0 Å². The maximum atomic E-state index is 6.26. The second kappa shape index (κ2) is 5.23. The highest BCUT2D eigenvalue weighted by Crippen LogP contribution is 2.40. The lowest BCUT2D eigenvalue weighted by Crippen LogP contribution is -2.38. The van der Waals surface area contributed by atoms with E-state index in [4.69, 9.17) is 26.1 Å². The molecule has 1 atom stereocenters. The Hall–Kier alpha value is -1.17. The number of ether oxygens (including phenoxy) is 2. The van der Waals surface area contributed by atoms with E-state index in [9.17, 15) is 0 Å². The van der Waals surface area contributed by atoms with Crippen LogP contribution in [0.4, 0.5) is 5.82 Å². The van der Waals surface area contributed by atoms with Crippen LogP contribution in [0.5, 0.6) is 0 Å². The lowest BCUT2D eigenvalue weighted by molar-refractivity contribution is -0.181. The SMILES string of the molecule is ClC1=CCC(C2CCCC3(C2)OCCO3)=Nc2ccnn21. The van der Waals surface area contributed by atoms with Gasteiger partial charge in [-0.25, -0.2) is 9.67 Å². The molecule has 6 heteroatoms. The minimum absolute atomic E-state index is 0.370. The van der Waals surface area contributed by atoms with Crippen molar-refractivity contribution in [3.63, 3.8) is 0 Å². The monoisotopic (exact) mass is 307 g/mol. The third-order valence-electron chi connectivity index (χ3n) is 4.52. The minimum Gasteiger partial charge on any atom is -0.348 e. The molecule has 2 fully saturated rings. The highest BCUT2D eigenvalue weighted by molar-refractivity contribution is 6.45. The first-order chi connectivity index (χ1) is 10.3. The third-order valence-corrected chi connectivity index (χ3v) is 4.83. The van der Waals surface area contributed by atoms with Crippen LogP contribution in [0.1, 0.15) is 32.1 Å². The lowest BCUT2D eigenvalue weighted by atomic mass is 9.81. The van der Waals surface area contributed by atoms with Crippen molar-refractivity contribution >= 4 is 28.3 Å². The number of hydrogen-bond acceptors (Lipinski definition) is 4. The zero-order chi connectivity index (χ0) is 14.3. The van der Waals surface area contributed by atoms with Gasteiger partial charge in [0.1, 0.15) is 5.16 Å². The van der Waals surface area contributed by atoms with Gasteiger partial charge in [-0.15, -0.1) is 0 Å². The Balaban J connectivity index is 1.62. The van der Waals surface area contributed by atoms with Crippen molar-refractivity contribution < 1.29 is 9.47 Å². The molecular weight excluding hydrogens is 290 g/mol. The van der Waals surface area contributed by atoms with Crippen LogP contribution in [-0.2, 0) is 9.47 Å². The maximum Gasteiger partial charge on any atom is 0.169 e. The Morgan fingerprint density at radius 1 is 1.33 bits per heavy atom. The van der Waals surface area contributed by atoms with Crippen molar-refractivity contribution in [3.05, 3.63) is 18.3 Å². The molecule has 112 valence electrons. The van der Waals surface area contributed by atoms with Crippen molar-refractivity contribution in [2.24, 2.45) is 10.9 Å². The molecule has 0 radical (unpaired) electrons. The number of aliphatic imine (C=N–C) groups is 1. The van der Waals surface area contributed by atoms with Crippen LogP contribution in [0.3, 0.4) is 0 Å². The molecule has 3 heterocycles. The molecule has 2 aliphatic heterocycles. The molecule has 1 saturated heterocycles. The summed E-state index contributed by atoms with van der Waals surface area (Å²) in [6, 6.07) is 1.89. The summed E-state index contributed by atoms with van der Waals surface area (Å²) in [6.07, 6.45) is 8.61. The van der Waals surface area contributed by atoms with E-state index in [2.05, 4.69) is 5.10 Å². The topological polar surface area (TPSA) is 48.6 Å². The number of fused-ring (bicyclic) bond motifs is 1. The normalized spacial score (nSPS) is 28.0. The predicted molar refractivity (Wildman–Crippen MR) is 80.7 cm³/mol. The van der Waals surface area contributed by atoms with Gasteiger partial charge in [-0.3, -0.25) is 0 Å². The second-order valence-corrected chi connectivity index (χ2v) is 6.22. The summed E-state index contributed by atoms with van der Waals surface area (Å²) in [5, 5.41) is 4.83. The van der Waals surface area contributed by atoms with Crippen LogP contribution in [0.25, 0.3) is 5.16 Å². The first-order valence-corrected chi connectivity index (χ1v) is 7.89. The van der Waals surface area contributed by atoms with Gasteiger partial charge in [0.2, 0.25) is 0 Å². The molecule has 1 aromatic heterocycles. The Labute approximate surface area is 128 Å². The van der Waals surface area contributed by atoms with Crippen LogP contribution in [0, 0.1) is 5.92 Å². The molecular formula is C15H18ClN3O2. The summed E-state index contributed by atoms with van der Waals surface area (Å²) in [5.74, 6) is 0.821. The van der Waals surface area contributed by atoms with Crippen LogP contribution >= 0.6 is 11.6 Å². The van der Waals surface area contributed by atoms with E-state index in [0.29, 0.717) is 24.3 Å². The Morgan fingerprint density at radius 2 is 2.19 bits per heavy atom. The fraction of sp³-hybridized carbons (Fsp3) is 0.600. The zero-order valence-corrected chi connectivity index (χ0v) is 12.6.